The molecule has 0 spiro atoms. The van der Waals surface area contributed by atoms with Crippen LogP contribution in [-0.4, -0.2) is 115 Å². The zero-order chi connectivity index (χ0) is 51.7. The Kier molecular flexibility index (Phi) is 22.1. The number of hydrogen-bond acceptors (Lipinski definition) is 18. The minimum atomic E-state index is -1.10. The van der Waals surface area contributed by atoms with Crippen LogP contribution >= 0.6 is 15.9 Å². The summed E-state index contributed by atoms with van der Waals surface area (Å²) in [7, 11) is 0. The molecule has 20 nitrogen and oxygen atoms in total. The van der Waals surface area contributed by atoms with E-state index in [0.717, 1.165) is 18.4 Å². The maximum absolute atomic E-state index is 11.9. The molecule has 4 heterocycles. The molecule has 2 saturated heterocycles. The van der Waals surface area contributed by atoms with E-state index in [9.17, 15) is 28.8 Å². The van der Waals surface area contributed by atoms with E-state index in [2.05, 4.69) is 93.7 Å². The first-order valence-corrected chi connectivity index (χ1v) is 24.3. The number of aryl methyl sites for hydroxylation is 3. The number of aromatic nitrogens is 6. The average molecular weight is 1040 g/mol. The number of halogens is 1. The van der Waals surface area contributed by atoms with E-state index in [1.54, 1.807) is 12.4 Å². The predicted octanol–water partition coefficient (Wildman–Crippen LogP) is 6.37. The summed E-state index contributed by atoms with van der Waals surface area (Å²) in [6.45, 7) is 17.5. The van der Waals surface area contributed by atoms with Crippen LogP contribution in [0.2, 0.25) is 0 Å². The lowest BCUT2D eigenvalue weighted by Gasteiger charge is -2.44. The van der Waals surface area contributed by atoms with Gasteiger partial charge in [-0.2, -0.15) is 0 Å². The smallest absolute Gasteiger partial charge is 0.303 e. The Balaban J connectivity index is 0.000000263. The van der Waals surface area contributed by atoms with E-state index in [1.807, 2.05) is 26.0 Å². The maximum atomic E-state index is 11.9. The van der Waals surface area contributed by atoms with Gasteiger partial charge in [-0.05, 0) is 49.3 Å². The molecule has 0 N–H and O–H groups in total. The van der Waals surface area contributed by atoms with Gasteiger partial charge in [0.25, 0.3) is 0 Å². The number of hydrogen-bond donors (Lipinski definition) is 0. The van der Waals surface area contributed by atoms with Crippen molar-refractivity contribution in [3.8, 4) is 0 Å². The van der Waals surface area contributed by atoms with E-state index in [4.69, 9.17) is 37.9 Å². The zero-order valence-electron chi connectivity index (χ0n) is 41.6. The molecular formula is C49H65BrN6O14. The van der Waals surface area contributed by atoms with Crippen LogP contribution in [0.25, 0.3) is 0 Å². The second-order valence-corrected chi connectivity index (χ2v) is 17.2. The second kappa shape index (κ2) is 27.4. The monoisotopic (exact) mass is 1040 g/mol. The fourth-order valence-electron chi connectivity index (χ4n) is 7.77. The maximum Gasteiger partial charge on any atom is 0.303 e. The molecule has 4 aromatic rings. The molecule has 0 radical (unpaired) electrons. The topological polar surface area (TPSA) is 238 Å². The number of alkyl halides is 1. The number of benzene rings is 2. The van der Waals surface area contributed by atoms with Gasteiger partial charge >= 0.3 is 35.8 Å². The van der Waals surface area contributed by atoms with E-state index < -0.39 is 97.1 Å². The molecule has 70 heavy (non-hydrogen) atoms. The molecule has 2 aliphatic heterocycles. The molecule has 0 saturated carbocycles. The van der Waals surface area contributed by atoms with Crippen LogP contribution in [0, 0.1) is 6.92 Å². The van der Waals surface area contributed by atoms with Gasteiger partial charge < -0.3 is 37.9 Å². The van der Waals surface area contributed by atoms with Crippen LogP contribution in [-0.2, 0) is 91.3 Å². The summed E-state index contributed by atoms with van der Waals surface area (Å²) < 4.78 is 47.6. The number of carbonyl (C=O) groups excluding carboxylic acids is 6. The summed E-state index contributed by atoms with van der Waals surface area (Å²) >= 11 is 3.29. The van der Waals surface area contributed by atoms with Crippen molar-refractivity contribution in [2.45, 2.75) is 175 Å². The van der Waals surface area contributed by atoms with Crippen LogP contribution in [0.1, 0.15) is 128 Å². The second-order valence-electron chi connectivity index (χ2n) is 16.6. The molecule has 2 aromatic heterocycles. The van der Waals surface area contributed by atoms with Crippen molar-refractivity contribution in [2.24, 2.45) is 0 Å². The van der Waals surface area contributed by atoms with Crippen LogP contribution in [0.3, 0.4) is 0 Å². The fraction of sp³-hybridized carbons (Fsp3) is 0.551. The highest BCUT2D eigenvalue weighted by Crippen LogP contribution is 2.37. The molecule has 6 rings (SSSR count). The van der Waals surface area contributed by atoms with Crippen LogP contribution in [0.4, 0.5) is 0 Å². The molecule has 0 unspecified atom stereocenters. The molecule has 0 bridgehead atoms. The Bertz CT molecular complexity index is 2340. The third-order valence-corrected chi connectivity index (χ3v) is 11.5. The third-order valence-electron chi connectivity index (χ3n) is 11.0. The molecular weight excluding hydrogens is 976 g/mol. The van der Waals surface area contributed by atoms with Gasteiger partial charge in [-0.25, -0.2) is 9.36 Å². The summed E-state index contributed by atoms with van der Waals surface area (Å²) in [6, 6.07) is 16.9. The van der Waals surface area contributed by atoms with Crippen molar-refractivity contribution in [1.29, 1.82) is 0 Å². The molecule has 382 valence electrons. The van der Waals surface area contributed by atoms with Gasteiger partial charge in [0.1, 0.15) is 12.2 Å². The molecule has 2 aliphatic rings. The fourth-order valence-corrected chi connectivity index (χ4v) is 8.03. The van der Waals surface area contributed by atoms with Crippen LogP contribution in [0.5, 0.6) is 0 Å². The van der Waals surface area contributed by atoms with Crippen molar-refractivity contribution >= 4 is 51.7 Å². The van der Waals surface area contributed by atoms with Gasteiger partial charge in [0.2, 0.25) is 0 Å². The quantitative estimate of drug-likeness (QED) is 0.0714. The first kappa shape index (κ1) is 56.5. The average Bonchev–Trinajstić information content (AvgIpc) is 3.99. The summed E-state index contributed by atoms with van der Waals surface area (Å²) in [6.07, 6.45) is -2.39. The zero-order valence-corrected chi connectivity index (χ0v) is 43.2. The Morgan fingerprint density at radius 1 is 0.500 bits per heavy atom. The number of rotatable bonds is 15. The SMILES string of the molecule is CC[C@H]1O[C@@H](n2cc(CBr)nn2)[C@H](OC(C)=O)[C@@H](OC(C)=O)[C@@H]1OC(C)=O.CCc1ccc(C)cc1.CCc1ccc(Cc2cn([C@@H]3O[C@H](CC)[C@@H](OC(C)=O)[C@H](OC(C)=O)[C@H]3OC(C)=O)nn2)cc1. The number of esters is 6. The van der Waals surface area contributed by atoms with Gasteiger partial charge in [-0.15, -0.1) is 10.2 Å². The summed E-state index contributed by atoms with van der Waals surface area (Å²) in [5.41, 5.74) is 6.40. The minimum absolute atomic E-state index is 0.449. The third kappa shape index (κ3) is 16.5. The number of carbonyl (C=O) groups is 6. The Morgan fingerprint density at radius 3 is 1.17 bits per heavy atom. The molecule has 0 amide bonds. The number of nitrogens with zero attached hydrogens (tertiary/aromatic N) is 6. The van der Waals surface area contributed by atoms with E-state index >= 15 is 0 Å². The van der Waals surface area contributed by atoms with Crippen LogP contribution < -0.4 is 0 Å². The van der Waals surface area contributed by atoms with Crippen molar-refractivity contribution in [2.75, 3.05) is 0 Å². The Morgan fingerprint density at radius 2 is 0.829 bits per heavy atom. The van der Waals surface area contributed by atoms with Crippen molar-refractivity contribution in [3.63, 3.8) is 0 Å². The van der Waals surface area contributed by atoms with E-state index in [0.29, 0.717) is 36.0 Å². The lowest BCUT2D eigenvalue weighted by molar-refractivity contribution is -0.265. The predicted molar refractivity (Wildman–Crippen MR) is 254 cm³/mol. The minimum Gasteiger partial charge on any atom is -0.456 e. The Hall–Kier alpha value is -6.06. The summed E-state index contributed by atoms with van der Waals surface area (Å²) in [4.78, 5) is 70.5. The Labute approximate surface area is 416 Å². The van der Waals surface area contributed by atoms with Crippen molar-refractivity contribution < 1.29 is 66.7 Å². The highest BCUT2D eigenvalue weighted by Gasteiger charge is 2.53. The molecule has 0 aliphatic carbocycles. The first-order valence-electron chi connectivity index (χ1n) is 23.2. The molecule has 21 heteroatoms. The van der Waals surface area contributed by atoms with E-state index in [-0.39, 0.29) is 0 Å². The number of ether oxygens (including phenoxy) is 8. The lowest BCUT2D eigenvalue weighted by Crippen LogP contribution is -2.59. The van der Waals surface area contributed by atoms with Gasteiger partial charge in [-0.1, -0.05) is 108 Å². The highest BCUT2D eigenvalue weighted by atomic mass is 79.9. The molecule has 2 fully saturated rings. The molecule has 10 atom stereocenters. The van der Waals surface area contributed by atoms with Gasteiger partial charge in [0, 0.05) is 53.3 Å². The van der Waals surface area contributed by atoms with Gasteiger partial charge in [-0.3, -0.25) is 28.8 Å². The summed E-state index contributed by atoms with van der Waals surface area (Å²) in [5.74, 6) is -3.57. The largest absolute Gasteiger partial charge is 0.456 e. The summed E-state index contributed by atoms with van der Waals surface area (Å²) in [5, 5.41) is 16.9. The first-order chi connectivity index (χ1) is 33.3. The highest BCUT2D eigenvalue weighted by molar-refractivity contribution is 9.08. The molecule has 2 aromatic carbocycles. The van der Waals surface area contributed by atoms with Gasteiger partial charge in [0.15, 0.2) is 49.1 Å². The van der Waals surface area contributed by atoms with Crippen molar-refractivity contribution in [1.82, 2.24) is 30.0 Å². The standard InChI is InChI=1S/C24H31N3O7.C16H22BrN3O7.C9H12/c1-6-17-8-10-18(11-9-17)12-19-13-27(26-25-19)24-23(33-16(5)30)22(32-15(4)29)21(31-14(3)28)20(7-2)34-24;1-5-12-13(24-8(2)21)14(25-9(3)22)15(26-10(4)23)16(27-12)20-7-11(6-17)18-19-20;1-3-9-6-4-8(2)5-7-9/h8-11,13,20-24H,6-7,12H2,1-5H3;7,12-16H,5-6H2,1-4H3;4-7H,3H2,1-2H3/t20-,21-,22+,23-,24-;12-,13-,14+,15-,16-;/m11./s1. The van der Waals surface area contributed by atoms with Crippen LogP contribution in [0.15, 0.2) is 60.9 Å². The normalized spacial score (nSPS) is 23.7. The van der Waals surface area contributed by atoms with Gasteiger partial charge in [0.05, 0.1) is 23.8 Å². The van der Waals surface area contributed by atoms with E-state index in [1.165, 1.54) is 67.6 Å². The lowest BCUT2D eigenvalue weighted by atomic mass is 9.95. The van der Waals surface area contributed by atoms with Crippen molar-refractivity contribution in [3.05, 3.63) is 94.6 Å².